The van der Waals surface area contributed by atoms with Gasteiger partial charge in [0.2, 0.25) is 11.8 Å². The summed E-state index contributed by atoms with van der Waals surface area (Å²) in [6.45, 7) is 14.8. The number of carbonyl (C=O) groups excluding carboxylic acids is 2. The molecule has 4 aliphatic heterocycles. The van der Waals surface area contributed by atoms with Crippen molar-refractivity contribution < 1.29 is 28.2 Å². The second-order valence-electron chi connectivity index (χ2n) is 14.1. The van der Waals surface area contributed by atoms with Crippen molar-refractivity contribution in [2.24, 2.45) is 5.92 Å². The first kappa shape index (κ1) is 34.7. The Bertz CT molecular complexity index is 1410. The first-order chi connectivity index (χ1) is 23.2. The zero-order chi connectivity index (χ0) is 33.8. The molecule has 2 N–H and O–H groups in total. The number of carbonyl (C=O) groups is 2. The van der Waals surface area contributed by atoms with Gasteiger partial charge >= 0.3 is 0 Å². The Kier molecular flexibility index (Phi) is 11.3. The van der Waals surface area contributed by atoms with E-state index < -0.39 is 0 Å². The van der Waals surface area contributed by atoms with Crippen LogP contribution in [0.3, 0.4) is 0 Å². The summed E-state index contributed by atoms with van der Waals surface area (Å²) in [5, 5.41) is 6.70. The second kappa shape index (κ2) is 15.6. The molecule has 3 fully saturated rings. The Hall–Kier alpha value is -3.16. The molecule has 5 atom stereocenters. The minimum Gasteiger partial charge on any atom is -0.474 e. The molecule has 12 heteroatoms. The van der Waals surface area contributed by atoms with Crippen molar-refractivity contribution in [2.75, 3.05) is 70.7 Å². The van der Waals surface area contributed by atoms with Gasteiger partial charge in [-0.3, -0.25) is 19.4 Å². The normalized spacial score (nSPS) is 27.3. The molecule has 1 unspecified atom stereocenters. The Morgan fingerprint density at radius 3 is 2.46 bits per heavy atom. The van der Waals surface area contributed by atoms with E-state index in [0.717, 1.165) is 38.0 Å². The van der Waals surface area contributed by atoms with Gasteiger partial charge < -0.3 is 29.7 Å². The molecule has 0 spiro atoms. The van der Waals surface area contributed by atoms with E-state index in [1.54, 1.807) is 17.0 Å². The fraction of sp³-hybridized carbons (Fsp3) is 0.639. The van der Waals surface area contributed by atoms with Crippen molar-refractivity contribution in [3.05, 3.63) is 53.0 Å². The molecule has 5 heterocycles. The molecule has 0 radical (unpaired) electrons. The largest absolute Gasteiger partial charge is 0.474 e. The molecule has 1 aromatic heterocycles. The molecule has 2 aromatic rings. The van der Waals surface area contributed by atoms with E-state index in [1.807, 2.05) is 13.0 Å². The first-order valence-electron chi connectivity index (χ1n) is 17.6. The predicted molar refractivity (Wildman–Crippen MR) is 181 cm³/mol. The average molecular weight is 667 g/mol. The number of hydrogen-bond acceptors (Lipinski definition) is 9. The number of ether oxygens (including phenoxy) is 3. The molecule has 6 rings (SSSR count). The van der Waals surface area contributed by atoms with Gasteiger partial charge in [0.05, 0.1) is 25.8 Å². The number of halogens is 1. The van der Waals surface area contributed by atoms with Crippen molar-refractivity contribution in [3.8, 4) is 5.88 Å². The van der Waals surface area contributed by atoms with Gasteiger partial charge in [-0.2, -0.15) is 0 Å². The number of pyridine rings is 1. The second-order valence-corrected chi connectivity index (χ2v) is 14.1. The Balaban J connectivity index is 1.25. The van der Waals surface area contributed by atoms with Crippen LogP contribution in [0.5, 0.6) is 5.88 Å². The molecule has 3 saturated heterocycles. The van der Waals surface area contributed by atoms with Crippen LogP contribution in [0.2, 0.25) is 0 Å². The number of aromatic nitrogens is 1. The number of piperazine rings is 1. The summed E-state index contributed by atoms with van der Waals surface area (Å²) in [4.78, 5) is 39.3. The number of fused-ring (bicyclic) bond motifs is 1. The molecular weight excluding hydrogens is 615 g/mol. The topological polar surface area (TPSA) is 108 Å². The summed E-state index contributed by atoms with van der Waals surface area (Å²) in [5.41, 5.74) is 2.32. The number of rotatable bonds is 9. The van der Waals surface area contributed by atoms with Gasteiger partial charge in [-0.15, -0.1) is 0 Å². The molecule has 2 amide bonds. The molecule has 1 aromatic carbocycles. The Morgan fingerprint density at radius 2 is 1.73 bits per heavy atom. The smallest absolute Gasteiger partial charge is 0.270 e. The quantitative estimate of drug-likeness (QED) is 0.418. The first-order valence-corrected chi connectivity index (χ1v) is 17.6. The molecule has 4 aliphatic rings. The average Bonchev–Trinajstić information content (AvgIpc) is 3.07. The molecular formula is C36H51FN6O5. The van der Waals surface area contributed by atoms with E-state index in [-0.39, 0.29) is 60.5 Å². The van der Waals surface area contributed by atoms with Crippen LogP contribution in [0.25, 0.3) is 0 Å². The van der Waals surface area contributed by atoms with Crippen molar-refractivity contribution >= 4 is 17.5 Å². The van der Waals surface area contributed by atoms with E-state index in [4.69, 9.17) is 19.2 Å². The zero-order valence-corrected chi connectivity index (χ0v) is 28.8. The highest BCUT2D eigenvalue weighted by Crippen LogP contribution is 2.35. The molecule has 262 valence electrons. The maximum absolute atomic E-state index is 14.3. The van der Waals surface area contributed by atoms with Crippen LogP contribution in [0.4, 0.5) is 10.1 Å². The van der Waals surface area contributed by atoms with Gasteiger partial charge in [-0.05, 0) is 82.2 Å². The molecule has 48 heavy (non-hydrogen) atoms. The lowest BCUT2D eigenvalue weighted by molar-refractivity contribution is -0.122. The highest BCUT2D eigenvalue weighted by molar-refractivity contribution is 5.99. The van der Waals surface area contributed by atoms with Gasteiger partial charge in [0.1, 0.15) is 23.8 Å². The number of nitrogens with zero attached hydrogens (tertiary/aromatic N) is 4. The maximum Gasteiger partial charge on any atom is 0.270 e. The Morgan fingerprint density at radius 1 is 1.00 bits per heavy atom. The number of benzene rings is 1. The van der Waals surface area contributed by atoms with Crippen LogP contribution in [0.1, 0.15) is 62.2 Å². The summed E-state index contributed by atoms with van der Waals surface area (Å²) >= 11 is 0. The van der Waals surface area contributed by atoms with Gasteiger partial charge in [0.15, 0.2) is 0 Å². The van der Waals surface area contributed by atoms with E-state index in [9.17, 15) is 14.0 Å². The van der Waals surface area contributed by atoms with Crippen LogP contribution in [-0.2, 0) is 20.7 Å². The lowest BCUT2D eigenvalue weighted by atomic mass is 9.99. The molecule has 0 aliphatic carbocycles. The van der Waals surface area contributed by atoms with Crippen LogP contribution in [-0.4, -0.2) is 123 Å². The molecule has 0 bridgehead atoms. The third kappa shape index (κ3) is 8.16. The van der Waals surface area contributed by atoms with Gasteiger partial charge in [0, 0.05) is 63.6 Å². The number of hydrogen-bond donors (Lipinski definition) is 2. The van der Waals surface area contributed by atoms with Crippen molar-refractivity contribution in [2.45, 2.75) is 77.2 Å². The van der Waals surface area contributed by atoms with Crippen LogP contribution in [0.15, 0.2) is 30.3 Å². The van der Waals surface area contributed by atoms with Crippen LogP contribution >= 0.6 is 0 Å². The minimum absolute atomic E-state index is 0.0273. The van der Waals surface area contributed by atoms with Crippen molar-refractivity contribution in [1.29, 1.82) is 0 Å². The van der Waals surface area contributed by atoms with E-state index >= 15 is 0 Å². The predicted octanol–water partition coefficient (Wildman–Crippen LogP) is 2.85. The van der Waals surface area contributed by atoms with Crippen LogP contribution < -0.4 is 20.3 Å². The fourth-order valence-corrected chi connectivity index (χ4v) is 7.41. The minimum atomic E-state index is -0.325. The third-order valence-corrected chi connectivity index (χ3v) is 10.2. The summed E-state index contributed by atoms with van der Waals surface area (Å²) < 4.78 is 31.1. The monoisotopic (exact) mass is 666 g/mol. The SMILES string of the molecule is CC1COc2nc(C(=O)NCC3CCOCC3)c(Cc3ccc(F)cc3)cc2N1C(=O)CN1C[C@@H](C)NC[C@@H]1CN1[C@H](C)COC[C@H]1C. The van der Waals surface area contributed by atoms with Crippen molar-refractivity contribution in [1.82, 2.24) is 25.4 Å². The van der Waals surface area contributed by atoms with Crippen LogP contribution in [0, 0.1) is 11.7 Å². The fourth-order valence-electron chi connectivity index (χ4n) is 7.41. The zero-order valence-electron chi connectivity index (χ0n) is 28.8. The van der Waals surface area contributed by atoms with Gasteiger partial charge in [-0.1, -0.05) is 12.1 Å². The summed E-state index contributed by atoms with van der Waals surface area (Å²) in [7, 11) is 0. The summed E-state index contributed by atoms with van der Waals surface area (Å²) in [6.07, 6.45) is 2.15. The van der Waals surface area contributed by atoms with E-state index in [0.29, 0.717) is 68.6 Å². The molecule has 11 nitrogen and oxygen atoms in total. The van der Waals surface area contributed by atoms with E-state index in [1.165, 1.54) is 12.1 Å². The summed E-state index contributed by atoms with van der Waals surface area (Å²) in [5.74, 6) is -0.0148. The van der Waals surface area contributed by atoms with Crippen molar-refractivity contribution in [3.63, 3.8) is 0 Å². The summed E-state index contributed by atoms with van der Waals surface area (Å²) in [6, 6.07) is 8.94. The van der Waals surface area contributed by atoms with Gasteiger partial charge in [-0.25, -0.2) is 9.37 Å². The molecule has 0 saturated carbocycles. The third-order valence-electron chi connectivity index (χ3n) is 10.2. The number of anilines is 1. The number of amides is 2. The lowest BCUT2D eigenvalue weighted by Gasteiger charge is -2.46. The highest BCUT2D eigenvalue weighted by atomic mass is 19.1. The standard InChI is InChI=1S/C36H51FN6O5/c1-23-17-41(31(16-38-23)18-42-24(2)20-47-21-25(42)3)19-33(44)43-26(4)22-48-36-32(43)14-29(13-27-5-7-30(37)8-6-27)34(40-36)35(45)39-15-28-9-11-46-12-10-28/h5-8,14,23-26,28,31,38H,9-13,15-22H2,1-4H3,(H,39,45)/t23-,24-,25-,26?,31-/m1/s1. The Labute approximate surface area is 283 Å². The van der Waals surface area contributed by atoms with Gasteiger partial charge in [0.25, 0.3) is 5.91 Å². The highest BCUT2D eigenvalue weighted by Gasteiger charge is 2.37. The lowest BCUT2D eigenvalue weighted by Crippen LogP contribution is -2.63. The van der Waals surface area contributed by atoms with E-state index in [2.05, 4.69) is 41.2 Å². The number of morpholine rings is 1. The maximum atomic E-state index is 14.3. The number of nitrogens with one attached hydrogen (secondary N) is 2.